The fraction of sp³-hybridized carbons (Fsp3) is 0.462. The van der Waals surface area contributed by atoms with E-state index in [1.807, 2.05) is 0 Å². The van der Waals surface area contributed by atoms with Crippen LogP contribution in [0.1, 0.15) is 31.4 Å². The van der Waals surface area contributed by atoms with Gasteiger partial charge < -0.3 is 9.84 Å². The molecule has 1 aromatic carbocycles. The highest BCUT2D eigenvalue weighted by Crippen LogP contribution is 2.36. The number of aliphatic carboxylic acids is 1. The van der Waals surface area contributed by atoms with E-state index in [4.69, 9.17) is 9.84 Å². The Kier molecular flexibility index (Phi) is 3.76. The molecule has 1 N–H and O–H groups in total. The summed E-state index contributed by atoms with van der Waals surface area (Å²) in [5, 5.41) is 8.88. The summed E-state index contributed by atoms with van der Waals surface area (Å²) in [7, 11) is 1.38. The van der Waals surface area contributed by atoms with Crippen LogP contribution in [0.5, 0.6) is 5.75 Å². The van der Waals surface area contributed by atoms with Crippen molar-refractivity contribution in [3.8, 4) is 5.75 Å². The minimum absolute atomic E-state index is 0.0771. The topological polar surface area (TPSA) is 46.5 Å². The molecule has 0 aliphatic heterocycles. The van der Waals surface area contributed by atoms with E-state index in [9.17, 15) is 9.18 Å². The zero-order valence-corrected chi connectivity index (χ0v) is 10.5. The summed E-state index contributed by atoms with van der Waals surface area (Å²) in [5.41, 5.74) is 0.654. The van der Waals surface area contributed by atoms with Crippen molar-refractivity contribution >= 4 is 5.97 Å². The molecule has 0 saturated carbocycles. The fourth-order valence-electron chi connectivity index (χ4n) is 1.91. The summed E-state index contributed by atoms with van der Waals surface area (Å²) < 4.78 is 18.7. The molecule has 0 heterocycles. The second kappa shape index (κ2) is 4.73. The van der Waals surface area contributed by atoms with Gasteiger partial charge in [0.2, 0.25) is 0 Å². The largest absolute Gasteiger partial charge is 0.493 e. The predicted octanol–water partition coefficient (Wildman–Crippen LogP) is 2.90. The maximum absolute atomic E-state index is 13.7. The lowest BCUT2D eigenvalue weighted by Crippen LogP contribution is -2.23. The molecule has 4 heteroatoms. The van der Waals surface area contributed by atoms with E-state index in [-0.39, 0.29) is 12.2 Å². The van der Waals surface area contributed by atoms with Crippen LogP contribution in [0.15, 0.2) is 12.1 Å². The third kappa shape index (κ3) is 2.96. The minimum Gasteiger partial charge on any atom is -0.493 e. The predicted molar refractivity (Wildman–Crippen MR) is 63.0 cm³/mol. The molecule has 0 bridgehead atoms. The average molecular weight is 240 g/mol. The van der Waals surface area contributed by atoms with Crippen molar-refractivity contribution in [2.45, 2.75) is 32.6 Å². The van der Waals surface area contributed by atoms with Gasteiger partial charge in [-0.15, -0.1) is 0 Å². The second-order valence-corrected chi connectivity index (χ2v) is 4.78. The Balaban J connectivity index is 3.33. The van der Waals surface area contributed by atoms with E-state index in [1.165, 1.54) is 13.2 Å². The number of carboxylic acids is 1. The van der Waals surface area contributed by atoms with Gasteiger partial charge in [-0.3, -0.25) is 4.79 Å². The van der Waals surface area contributed by atoms with Crippen molar-refractivity contribution in [2.24, 2.45) is 0 Å². The quantitative estimate of drug-likeness (QED) is 0.880. The monoisotopic (exact) mass is 240 g/mol. The highest BCUT2D eigenvalue weighted by molar-refractivity contribution is 5.69. The molecule has 3 nitrogen and oxygen atoms in total. The third-order valence-electron chi connectivity index (χ3n) is 2.71. The Morgan fingerprint density at radius 2 is 2.06 bits per heavy atom. The van der Waals surface area contributed by atoms with Crippen LogP contribution < -0.4 is 4.74 Å². The van der Waals surface area contributed by atoms with Gasteiger partial charge in [0.25, 0.3) is 0 Å². The van der Waals surface area contributed by atoms with Gasteiger partial charge >= 0.3 is 5.97 Å². The van der Waals surface area contributed by atoms with Gasteiger partial charge in [-0.2, -0.15) is 0 Å². The first kappa shape index (κ1) is 13.5. The van der Waals surface area contributed by atoms with Crippen LogP contribution in [-0.4, -0.2) is 18.2 Å². The van der Waals surface area contributed by atoms with Crippen LogP contribution in [0, 0.1) is 12.7 Å². The van der Waals surface area contributed by atoms with Crippen molar-refractivity contribution < 1.29 is 19.0 Å². The maximum atomic E-state index is 13.7. The highest BCUT2D eigenvalue weighted by Gasteiger charge is 2.29. The van der Waals surface area contributed by atoms with Crippen LogP contribution in [0.25, 0.3) is 0 Å². The Morgan fingerprint density at radius 3 is 2.53 bits per heavy atom. The molecule has 0 amide bonds. The van der Waals surface area contributed by atoms with Gasteiger partial charge in [-0.1, -0.05) is 19.9 Å². The average Bonchev–Trinajstić information content (AvgIpc) is 2.14. The first-order valence-corrected chi connectivity index (χ1v) is 5.34. The van der Waals surface area contributed by atoms with E-state index >= 15 is 0 Å². The number of carboxylic acid groups (broad SMARTS) is 1. The second-order valence-electron chi connectivity index (χ2n) is 4.78. The number of aryl methyl sites for hydroxylation is 1. The summed E-state index contributed by atoms with van der Waals surface area (Å²) in [6, 6.07) is 3.14. The lowest BCUT2D eigenvalue weighted by molar-refractivity contribution is -0.138. The number of hydrogen-bond acceptors (Lipinski definition) is 2. The van der Waals surface area contributed by atoms with Gasteiger partial charge in [0, 0.05) is 11.0 Å². The summed E-state index contributed by atoms with van der Waals surface area (Å²) in [6.07, 6.45) is -0.0771. The first-order valence-electron chi connectivity index (χ1n) is 5.34. The van der Waals surface area contributed by atoms with Gasteiger partial charge in [0.05, 0.1) is 13.5 Å². The van der Waals surface area contributed by atoms with Crippen molar-refractivity contribution in [3.05, 3.63) is 29.1 Å². The molecule has 0 aliphatic carbocycles. The van der Waals surface area contributed by atoms with E-state index in [0.29, 0.717) is 5.56 Å². The van der Waals surface area contributed by atoms with Crippen molar-refractivity contribution in [3.63, 3.8) is 0 Å². The zero-order chi connectivity index (χ0) is 13.2. The molecular formula is C13H17FO3. The van der Waals surface area contributed by atoms with Gasteiger partial charge in [-0.05, 0) is 18.6 Å². The standard InChI is InChI=1S/C13H17FO3/c1-8-5-9(12(17-4)10(14)6-8)13(2,3)7-11(15)16/h5-6H,7H2,1-4H3,(H,15,16). The molecule has 0 saturated heterocycles. The van der Waals surface area contributed by atoms with Crippen LogP contribution in [0.2, 0.25) is 0 Å². The SMILES string of the molecule is COc1c(F)cc(C)cc1C(C)(C)CC(=O)O. The highest BCUT2D eigenvalue weighted by atomic mass is 19.1. The van der Waals surface area contributed by atoms with E-state index < -0.39 is 17.2 Å². The molecule has 0 radical (unpaired) electrons. The van der Waals surface area contributed by atoms with Crippen molar-refractivity contribution in [1.82, 2.24) is 0 Å². The number of halogens is 1. The molecule has 1 aromatic rings. The maximum Gasteiger partial charge on any atom is 0.304 e. The summed E-state index contributed by atoms with van der Waals surface area (Å²) in [4.78, 5) is 10.8. The number of ether oxygens (including phenoxy) is 1. The number of benzene rings is 1. The summed E-state index contributed by atoms with van der Waals surface area (Å²) in [5.74, 6) is -1.25. The first-order chi connectivity index (χ1) is 7.77. The van der Waals surface area contributed by atoms with E-state index in [0.717, 1.165) is 5.56 Å². The normalized spacial score (nSPS) is 11.4. The fourth-order valence-corrected chi connectivity index (χ4v) is 1.91. The molecule has 0 unspecified atom stereocenters. The van der Waals surface area contributed by atoms with Crippen molar-refractivity contribution in [2.75, 3.05) is 7.11 Å². The molecule has 0 aromatic heterocycles. The van der Waals surface area contributed by atoms with Crippen LogP contribution in [0.3, 0.4) is 0 Å². The van der Waals surface area contributed by atoms with Crippen LogP contribution in [0.4, 0.5) is 4.39 Å². The lowest BCUT2D eigenvalue weighted by Gasteiger charge is -2.26. The molecule has 0 spiro atoms. The molecule has 1 rings (SSSR count). The molecule has 0 fully saturated rings. The number of hydrogen-bond donors (Lipinski definition) is 1. The van der Waals surface area contributed by atoms with Crippen LogP contribution >= 0.6 is 0 Å². The molecule has 0 aliphatic rings. The lowest BCUT2D eigenvalue weighted by atomic mass is 9.80. The number of methoxy groups -OCH3 is 1. The summed E-state index contributed by atoms with van der Waals surface area (Å²) in [6.45, 7) is 5.29. The summed E-state index contributed by atoms with van der Waals surface area (Å²) >= 11 is 0. The zero-order valence-electron chi connectivity index (χ0n) is 10.5. The Labute approximate surface area is 100 Å². The van der Waals surface area contributed by atoms with Gasteiger partial charge in [-0.25, -0.2) is 4.39 Å². The molecule has 0 atom stereocenters. The van der Waals surface area contributed by atoms with Gasteiger partial charge in [0.1, 0.15) is 0 Å². The number of rotatable bonds is 4. The van der Waals surface area contributed by atoms with Crippen LogP contribution in [-0.2, 0) is 10.2 Å². The minimum atomic E-state index is -0.918. The van der Waals surface area contributed by atoms with Crippen molar-refractivity contribution in [1.29, 1.82) is 0 Å². The van der Waals surface area contributed by atoms with Gasteiger partial charge in [0.15, 0.2) is 11.6 Å². The Morgan fingerprint density at radius 1 is 1.47 bits per heavy atom. The third-order valence-corrected chi connectivity index (χ3v) is 2.71. The van der Waals surface area contributed by atoms with E-state index in [2.05, 4.69) is 0 Å². The smallest absolute Gasteiger partial charge is 0.304 e. The number of carbonyl (C=O) groups is 1. The Bertz CT molecular complexity index is 439. The Hall–Kier alpha value is -1.58. The molecular weight excluding hydrogens is 223 g/mol. The van der Waals surface area contributed by atoms with E-state index in [1.54, 1.807) is 26.8 Å². The molecule has 17 heavy (non-hydrogen) atoms. The molecule has 94 valence electrons.